The molecule has 1 aromatic heterocycles. The molecule has 0 aromatic carbocycles. The van der Waals surface area contributed by atoms with Crippen molar-refractivity contribution >= 4 is 21.6 Å². The second-order valence-corrected chi connectivity index (χ2v) is 5.23. The molecule has 0 saturated heterocycles. The zero-order chi connectivity index (χ0) is 12.3. The number of aryl methyl sites for hydroxylation is 1. The summed E-state index contributed by atoms with van der Waals surface area (Å²) >= 11 is 3.38. The van der Waals surface area contributed by atoms with Gasteiger partial charge < -0.3 is 10.3 Å². The summed E-state index contributed by atoms with van der Waals surface area (Å²) in [5.41, 5.74) is 2.45. The van der Waals surface area contributed by atoms with Crippen LogP contribution < -0.4 is 0 Å². The fraction of sp³-hybridized carbons (Fsp3) is 0.500. The zero-order valence-corrected chi connectivity index (χ0v) is 11.8. The van der Waals surface area contributed by atoms with E-state index in [0.29, 0.717) is 11.8 Å². The summed E-state index contributed by atoms with van der Waals surface area (Å²) in [4.78, 5) is 6.41. The van der Waals surface area contributed by atoms with Crippen LogP contribution in [0.25, 0.3) is 0 Å². The van der Waals surface area contributed by atoms with Gasteiger partial charge >= 0.3 is 0 Å². The molecular weight excluding hydrogens is 266 g/mol. The van der Waals surface area contributed by atoms with Crippen LogP contribution in [0.15, 0.2) is 16.7 Å². The van der Waals surface area contributed by atoms with E-state index in [9.17, 15) is 0 Å². The Morgan fingerprint density at radius 1 is 1.56 bits per heavy atom. The molecule has 4 heteroatoms. The number of halogens is 1. The van der Waals surface area contributed by atoms with Gasteiger partial charge in [-0.1, -0.05) is 0 Å². The largest absolute Gasteiger partial charge is 0.306 e. The molecule has 0 spiro atoms. The van der Waals surface area contributed by atoms with Gasteiger partial charge in [-0.25, -0.2) is 0 Å². The topological polar surface area (TPSA) is 40.0 Å². The third kappa shape index (κ3) is 3.39. The number of hydrogen-bond donors (Lipinski definition) is 1. The lowest BCUT2D eigenvalue weighted by molar-refractivity contribution is 0.321. The average molecular weight is 284 g/mol. The van der Waals surface area contributed by atoms with Crippen molar-refractivity contribution in [3.05, 3.63) is 28.0 Å². The van der Waals surface area contributed by atoms with E-state index in [0.717, 1.165) is 22.2 Å². The molecule has 0 radical (unpaired) electrons. The van der Waals surface area contributed by atoms with Gasteiger partial charge in [0.2, 0.25) is 0 Å². The molecule has 1 atom stereocenters. The minimum absolute atomic E-state index is 0.359. The highest BCUT2D eigenvalue weighted by atomic mass is 79.9. The molecule has 0 aliphatic heterocycles. The Bertz CT molecular complexity index is 388. The molecule has 0 aliphatic carbocycles. The fourth-order valence-electron chi connectivity index (χ4n) is 1.43. The van der Waals surface area contributed by atoms with E-state index in [2.05, 4.69) is 32.7 Å². The normalized spacial score (nSPS) is 12.9. The van der Waals surface area contributed by atoms with Gasteiger partial charge in [-0.3, -0.25) is 4.98 Å². The summed E-state index contributed by atoms with van der Waals surface area (Å²) in [7, 11) is 4.06. The van der Waals surface area contributed by atoms with Crippen LogP contribution in [-0.4, -0.2) is 35.7 Å². The highest BCUT2D eigenvalue weighted by Crippen LogP contribution is 2.15. The van der Waals surface area contributed by atoms with E-state index >= 15 is 0 Å². The summed E-state index contributed by atoms with van der Waals surface area (Å²) in [6.45, 7) is 4.10. The predicted octanol–water partition coefficient (Wildman–Crippen LogP) is 2.86. The Labute approximate surface area is 106 Å². The molecule has 0 bridgehead atoms. The Morgan fingerprint density at radius 2 is 2.19 bits per heavy atom. The number of nitrogens with one attached hydrogen (secondary N) is 1. The van der Waals surface area contributed by atoms with E-state index in [-0.39, 0.29) is 0 Å². The second kappa shape index (κ2) is 5.55. The third-order valence-corrected chi connectivity index (χ3v) is 3.15. The van der Waals surface area contributed by atoms with Crippen LogP contribution in [0, 0.1) is 12.3 Å². The van der Waals surface area contributed by atoms with Crippen LogP contribution >= 0.6 is 15.9 Å². The molecule has 0 aliphatic rings. The van der Waals surface area contributed by atoms with Crippen LogP contribution in [0.1, 0.15) is 24.6 Å². The molecule has 0 unspecified atom stereocenters. The van der Waals surface area contributed by atoms with Gasteiger partial charge in [-0.05, 0) is 55.5 Å². The maximum absolute atomic E-state index is 8.06. The molecule has 88 valence electrons. The van der Waals surface area contributed by atoms with E-state index in [1.165, 1.54) is 0 Å². The first-order chi connectivity index (χ1) is 7.41. The molecule has 0 amide bonds. The van der Waals surface area contributed by atoms with Gasteiger partial charge in [0.05, 0.1) is 11.4 Å². The molecule has 1 heterocycles. The quantitative estimate of drug-likeness (QED) is 0.864. The van der Waals surface area contributed by atoms with Crippen LogP contribution in [-0.2, 0) is 0 Å². The van der Waals surface area contributed by atoms with E-state index in [1.807, 2.05) is 27.1 Å². The SMILES string of the molecule is Cc1cc(Br)cnc1C(=N)C[C@@H](C)N(C)C. The Morgan fingerprint density at radius 3 is 2.69 bits per heavy atom. The number of hydrogen-bond acceptors (Lipinski definition) is 3. The number of rotatable bonds is 4. The first-order valence-electron chi connectivity index (χ1n) is 5.28. The number of pyridine rings is 1. The predicted molar refractivity (Wildman–Crippen MR) is 71.3 cm³/mol. The van der Waals surface area contributed by atoms with E-state index in [1.54, 1.807) is 6.20 Å². The minimum atomic E-state index is 0.359. The minimum Gasteiger partial charge on any atom is -0.306 e. The molecule has 0 saturated carbocycles. The van der Waals surface area contributed by atoms with Crippen molar-refractivity contribution in [2.75, 3.05) is 14.1 Å². The fourth-order valence-corrected chi connectivity index (χ4v) is 1.88. The molecule has 3 nitrogen and oxygen atoms in total. The monoisotopic (exact) mass is 283 g/mol. The first-order valence-corrected chi connectivity index (χ1v) is 6.07. The molecule has 1 N–H and O–H groups in total. The van der Waals surface area contributed by atoms with Gasteiger partial charge in [-0.2, -0.15) is 0 Å². The van der Waals surface area contributed by atoms with Crippen molar-refractivity contribution in [2.24, 2.45) is 0 Å². The van der Waals surface area contributed by atoms with Gasteiger partial charge in [-0.15, -0.1) is 0 Å². The third-order valence-electron chi connectivity index (χ3n) is 2.71. The Hall–Kier alpha value is -0.740. The lowest BCUT2D eigenvalue weighted by Gasteiger charge is -2.20. The summed E-state index contributed by atoms with van der Waals surface area (Å²) in [5.74, 6) is 0. The maximum Gasteiger partial charge on any atom is 0.0867 e. The lowest BCUT2D eigenvalue weighted by atomic mass is 10.0. The molecular formula is C12H18BrN3. The van der Waals surface area contributed by atoms with Crippen molar-refractivity contribution in [3.63, 3.8) is 0 Å². The van der Waals surface area contributed by atoms with Gasteiger partial charge in [0.1, 0.15) is 0 Å². The van der Waals surface area contributed by atoms with Crippen molar-refractivity contribution in [3.8, 4) is 0 Å². The van der Waals surface area contributed by atoms with Crippen LogP contribution in [0.5, 0.6) is 0 Å². The molecule has 1 rings (SSSR count). The van der Waals surface area contributed by atoms with Crippen molar-refractivity contribution < 1.29 is 0 Å². The summed E-state index contributed by atoms with van der Waals surface area (Å²) in [6, 6.07) is 2.36. The van der Waals surface area contributed by atoms with Crippen molar-refractivity contribution in [1.29, 1.82) is 5.41 Å². The molecule has 16 heavy (non-hydrogen) atoms. The summed E-state index contributed by atoms with van der Waals surface area (Å²) in [5, 5.41) is 8.06. The van der Waals surface area contributed by atoms with E-state index < -0.39 is 0 Å². The zero-order valence-electron chi connectivity index (χ0n) is 10.2. The Kier molecular flexibility index (Phi) is 4.62. The Balaban J connectivity index is 2.81. The van der Waals surface area contributed by atoms with Crippen molar-refractivity contribution in [1.82, 2.24) is 9.88 Å². The lowest BCUT2D eigenvalue weighted by Crippen LogP contribution is -2.27. The summed E-state index contributed by atoms with van der Waals surface area (Å²) < 4.78 is 0.960. The van der Waals surface area contributed by atoms with Gasteiger partial charge in [0.15, 0.2) is 0 Å². The van der Waals surface area contributed by atoms with E-state index in [4.69, 9.17) is 5.41 Å². The highest BCUT2D eigenvalue weighted by Gasteiger charge is 2.12. The highest BCUT2D eigenvalue weighted by molar-refractivity contribution is 9.10. The average Bonchev–Trinajstić information content (AvgIpc) is 2.16. The maximum atomic E-state index is 8.06. The van der Waals surface area contributed by atoms with Gasteiger partial charge in [0.25, 0.3) is 0 Å². The van der Waals surface area contributed by atoms with Crippen LogP contribution in [0.3, 0.4) is 0 Å². The standard InChI is InChI=1S/C12H18BrN3/c1-8-5-10(13)7-15-12(8)11(14)6-9(2)16(3)4/h5,7,9,14H,6H2,1-4H3/t9-/m1/s1. The number of nitrogens with zero attached hydrogens (tertiary/aromatic N) is 2. The van der Waals surface area contributed by atoms with Crippen molar-refractivity contribution in [2.45, 2.75) is 26.3 Å². The molecule has 1 aromatic rings. The van der Waals surface area contributed by atoms with Crippen LogP contribution in [0.4, 0.5) is 0 Å². The van der Waals surface area contributed by atoms with Gasteiger partial charge in [0, 0.05) is 23.1 Å². The first kappa shape index (κ1) is 13.3. The smallest absolute Gasteiger partial charge is 0.0867 e. The molecule has 0 fully saturated rings. The number of aromatic nitrogens is 1. The summed E-state index contributed by atoms with van der Waals surface area (Å²) in [6.07, 6.45) is 2.47. The van der Waals surface area contributed by atoms with Crippen LogP contribution in [0.2, 0.25) is 0 Å². The second-order valence-electron chi connectivity index (χ2n) is 4.31.